The molecule has 1 aromatic heterocycles. The number of nitrogens with zero attached hydrogens (tertiary/aromatic N) is 3. The van der Waals surface area contributed by atoms with Gasteiger partial charge in [-0.25, -0.2) is 4.79 Å². The van der Waals surface area contributed by atoms with Crippen molar-refractivity contribution in [1.29, 1.82) is 0 Å². The Bertz CT molecular complexity index is 611. The van der Waals surface area contributed by atoms with Crippen LogP contribution >= 0.6 is 0 Å². The SMILES string of the molecule is CNC(=O)Nc1nncc2cc(C=NO)ccc12. The molecule has 2 amide bonds. The molecule has 0 spiro atoms. The van der Waals surface area contributed by atoms with Crippen molar-refractivity contribution < 1.29 is 10.0 Å². The maximum absolute atomic E-state index is 11.3. The minimum atomic E-state index is -0.363. The Morgan fingerprint density at radius 2 is 2.33 bits per heavy atom. The minimum Gasteiger partial charge on any atom is -0.411 e. The Balaban J connectivity index is 2.47. The summed E-state index contributed by atoms with van der Waals surface area (Å²) in [5.41, 5.74) is 0.726. The van der Waals surface area contributed by atoms with Gasteiger partial charge >= 0.3 is 6.03 Å². The first kappa shape index (κ1) is 11.8. The first-order chi connectivity index (χ1) is 8.74. The summed E-state index contributed by atoms with van der Waals surface area (Å²) in [6.07, 6.45) is 2.88. The van der Waals surface area contributed by atoms with Crippen LogP contribution in [-0.2, 0) is 0 Å². The molecule has 0 aliphatic heterocycles. The molecule has 0 atom stereocenters. The fourth-order valence-corrected chi connectivity index (χ4v) is 1.52. The van der Waals surface area contributed by atoms with Crippen molar-refractivity contribution in [3.63, 3.8) is 0 Å². The summed E-state index contributed by atoms with van der Waals surface area (Å²) in [6, 6.07) is 4.93. The van der Waals surface area contributed by atoms with Gasteiger partial charge in [0.2, 0.25) is 0 Å². The number of fused-ring (bicyclic) bond motifs is 1. The van der Waals surface area contributed by atoms with Crippen LogP contribution in [0.3, 0.4) is 0 Å². The molecule has 3 N–H and O–H groups in total. The minimum absolute atomic E-state index is 0.363. The molecule has 0 fully saturated rings. The lowest BCUT2D eigenvalue weighted by atomic mass is 10.1. The molecular formula is C11H11N5O2. The summed E-state index contributed by atoms with van der Waals surface area (Å²) in [4.78, 5) is 11.3. The molecule has 2 aromatic rings. The van der Waals surface area contributed by atoms with Crippen molar-refractivity contribution in [3.8, 4) is 0 Å². The first-order valence-corrected chi connectivity index (χ1v) is 5.16. The van der Waals surface area contributed by atoms with E-state index in [1.54, 1.807) is 24.4 Å². The van der Waals surface area contributed by atoms with E-state index in [2.05, 4.69) is 26.0 Å². The Morgan fingerprint density at radius 3 is 3.06 bits per heavy atom. The van der Waals surface area contributed by atoms with Gasteiger partial charge in [-0.1, -0.05) is 11.2 Å². The summed E-state index contributed by atoms with van der Waals surface area (Å²) in [5, 5.41) is 25.7. The molecule has 0 saturated carbocycles. The normalized spacial score (nSPS) is 10.7. The van der Waals surface area contributed by atoms with Crippen LogP contribution < -0.4 is 10.6 Å². The van der Waals surface area contributed by atoms with Crippen molar-refractivity contribution in [1.82, 2.24) is 15.5 Å². The summed E-state index contributed by atoms with van der Waals surface area (Å²) >= 11 is 0. The van der Waals surface area contributed by atoms with Crippen molar-refractivity contribution >= 4 is 28.8 Å². The molecule has 92 valence electrons. The Kier molecular flexibility index (Phi) is 3.33. The Hall–Kier alpha value is -2.70. The third kappa shape index (κ3) is 2.34. The van der Waals surface area contributed by atoms with Crippen molar-refractivity contribution in [2.24, 2.45) is 5.16 Å². The molecule has 7 nitrogen and oxygen atoms in total. The van der Waals surface area contributed by atoms with Gasteiger partial charge < -0.3 is 10.5 Å². The second-order valence-electron chi connectivity index (χ2n) is 3.49. The topological polar surface area (TPSA) is 99.5 Å². The van der Waals surface area contributed by atoms with Gasteiger partial charge in [0.25, 0.3) is 0 Å². The highest BCUT2D eigenvalue weighted by molar-refractivity contribution is 6.00. The predicted molar refractivity (Wildman–Crippen MR) is 67.0 cm³/mol. The van der Waals surface area contributed by atoms with Crippen LogP contribution in [0.25, 0.3) is 10.8 Å². The van der Waals surface area contributed by atoms with Crippen molar-refractivity contribution in [2.75, 3.05) is 12.4 Å². The number of rotatable bonds is 2. The fraction of sp³-hybridized carbons (Fsp3) is 0.0909. The molecule has 1 heterocycles. The summed E-state index contributed by atoms with van der Waals surface area (Å²) in [7, 11) is 1.52. The van der Waals surface area contributed by atoms with Crippen LogP contribution in [-0.4, -0.2) is 34.7 Å². The van der Waals surface area contributed by atoms with Crippen molar-refractivity contribution in [3.05, 3.63) is 30.0 Å². The average molecular weight is 245 g/mol. The van der Waals surface area contributed by atoms with E-state index >= 15 is 0 Å². The Labute approximate surface area is 103 Å². The second kappa shape index (κ2) is 5.09. The maximum atomic E-state index is 11.3. The Morgan fingerprint density at radius 1 is 1.50 bits per heavy atom. The number of aromatic nitrogens is 2. The van der Waals surface area contributed by atoms with E-state index in [4.69, 9.17) is 5.21 Å². The molecular weight excluding hydrogens is 234 g/mol. The lowest BCUT2D eigenvalue weighted by Crippen LogP contribution is -2.25. The summed E-state index contributed by atoms with van der Waals surface area (Å²) < 4.78 is 0. The molecule has 0 aliphatic rings. The van der Waals surface area contributed by atoms with Crippen LogP contribution in [0, 0.1) is 0 Å². The highest BCUT2D eigenvalue weighted by Gasteiger charge is 2.06. The van der Waals surface area contributed by atoms with Gasteiger partial charge in [0.1, 0.15) is 0 Å². The summed E-state index contributed by atoms with van der Waals surface area (Å²) in [6.45, 7) is 0. The number of nitrogens with one attached hydrogen (secondary N) is 2. The number of urea groups is 1. The van der Waals surface area contributed by atoms with Gasteiger partial charge in [0.15, 0.2) is 5.82 Å². The van der Waals surface area contributed by atoms with Gasteiger partial charge in [-0.15, -0.1) is 5.10 Å². The zero-order valence-electron chi connectivity index (χ0n) is 9.58. The number of hydrogen-bond acceptors (Lipinski definition) is 5. The van der Waals surface area contributed by atoms with Crippen LogP contribution in [0.5, 0.6) is 0 Å². The van der Waals surface area contributed by atoms with Crippen molar-refractivity contribution in [2.45, 2.75) is 0 Å². The largest absolute Gasteiger partial charge is 0.411 e. The van der Waals surface area contributed by atoms with E-state index in [1.807, 2.05) is 0 Å². The number of amides is 2. The number of hydrogen-bond donors (Lipinski definition) is 3. The van der Waals surface area contributed by atoms with E-state index in [1.165, 1.54) is 13.3 Å². The lowest BCUT2D eigenvalue weighted by molar-refractivity contribution is 0.254. The van der Waals surface area contributed by atoms with Gasteiger partial charge in [-0.05, 0) is 17.7 Å². The van der Waals surface area contributed by atoms with Crippen LogP contribution in [0.2, 0.25) is 0 Å². The lowest BCUT2D eigenvalue weighted by Gasteiger charge is -2.06. The molecule has 0 radical (unpaired) electrons. The summed E-state index contributed by atoms with van der Waals surface area (Å²) in [5.74, 6) is 0.374. The molecule has 0 unspecified atom stereocenters. The molecule has 7 heteroatoms. The molecule has 18 heavy (non-hydrogen) atoms. The van der Waals surface area contributed by atoms with Gasteiger partial charge in [-0.2, -0.15) is 5.10 Å². The third-order valence-corrected chi connectivity index (χ3v) is 2.35. The quantitative estimate of drug-likeness (QED) is 0.420. The molecule has 1 aromatic carbocycles. The van der Waals surface area contributed by atoms with E-state index in [9.17, 15) is 4.79 Å². The standard InChI is InChI=1S/C11H11N5O2/c1-12-11(17)15-10-9-3-2-7(5-14-18)4-8(9)6-13-16-10/h2-6,18H,1H3,(H2,12,15,16,17). The number of carbonyl (C=O) groups is 1. The highest BCUT2D eigenvalue weighted by Crippen LogP contribution is 2.20. The predicted octanol–water partition coefficient (Wildman–Crippen LogP) is 1.19. The molecule has 0 bridgehead atoms. The number of benzene rings is 1. The van der Waals surface area contributed by atoms with Gasteiger partial charge in [0.05, 0.1) is 12.4 Å². The number of oxime groups is 1. The van der Waals surface area contributed by atoms with E-state index in [0.29, 0.717) is 5.82 Å². The monoisotopic (exact) mass is 245 g/mol. The van der Waals surface area contributed by atoms with Crippen LogP contribution in [0.15, 0.2) is 29.6 Å². The van der Waals surface area contributed by atoms with E-state index in [-0.39, 0.29) is 6.03 Å². The molecule has 0 saturated heterocycles. The zero-order chi connectivity index (χ0) is 13.0. The van der Waals surface area contributed by atoms with E-state index < -0.39 is 0 Å². The number of carbonyl (C=O) groups excluding carboxylic acids is 1. The highest BCUT2D eigenvalue weighted by atomic mass is 16.4. The number of anilines is 1. The third-order valence-electron chi connectivity index (χ3n) is 2.35. The van der Waals surface area contributed by atoms with Gasteiger partial charge in [0, 0.05) is 17.8 Å². The van der Waals surface area contributed by atoms with Gasteiger partial charge in [-0.3, -0.25) is 5.32 Å². The van der Waals surface area contributed by atoms with E-state index in [0.717, 1.165) is 16.3 Å². The average Bonchev–Trinajstić information content (AvgIpc) is 2.39. The molecule has 2 rings (SSSR count). The molecule has 0 aliphatic carbocycles. The first-order valence-electron chi connectivity index (χ1n) is 5.16. The van der Waals surface area contributed by atoms with Crippen LogP contribution in [0.1, 0.15) is 5.56 Å². The smallest absolute Gasteiger partial charge is 0.320 e. The fourth-order valence-electron chi connectivity index (χ4n) is 1.52. The second-order valence-corrected chi connectivity index (χ2v) is 3.49. The zero-order valence-corrected chi connectivity index (χ0v) is 9.58. The maximum Gasteiger partial charge on any atom is 0.320 e. The van der Waals surface area contributed by atoms with Crippen LogP contribution in [0.4, 0.5) is 10.6 Å².